The monoisotopic (exact) mass is 1190 g/mol. The van der Waals surface area contributed by atoms with Gasteiger partial charge in [-0.2, -0.15) is 0 Å². The molecule has 7 radical (unpaired) electrons. The van der Waals surface area contributed by atoms with E-state index in [-0.39, 0.29) is 12.6 Å². The van der Waals surface area contributed by atoms with Gasteiger partial charge in [-0.05, 0) is 0 Å². The third kappa shape index (κ3) is 5.31. The van der Waals surface area contributed by atoms with Crippen LogP contribution in [0.3, 0.4) is 0 Å². The van der Waals surface area contributed by atoms with E-state index in [0.717, 1.165) is 0 Å². The van der Waals surface area contributed by atoms with E-state index in [1.165, 1.54) is 0 Å². The molecule has 2 unspecified atom stereocenters. The first kappa shape index (κ1) is 15.7. The van der Waals surface area contributed by atoms with Crippen molar-refractivity contribution in [1.82, 2.24) is 0 Å². The Morgan fingerprint density at radius 1 is 1.27 bits per heavy atom. The van der Waals surface area contributed by atoms with Crippen LogP contribution in [0, 0.1) is 0 Å². The molecule has 0 N–H and O–H groups in total. The fourth-order valence-corrected chi connectivity index (χ4v) is 62.2. The zero-order chi connectivity index (χ0) is 10.7. The molecule has 0 saturated carbocycles. The van der Waals surface area contributed by atoms with Gasteiger partial charge in [0.25, 0.3) is 0 Å². The number of hydrogen-bond donors (Lipinski definition) is 0. The van der Waals surface area contributed by atoms with Gasteiger partial charge < -0.3 is 0 Å². The standard InChI is InChI=1S/C3H4O4.3O.5Pb.3H/c4-2(5)1-3(6)7;;;;;;;;;;;/h2-3H,1H2;;;;;;;;;;;/q-4;;;;;4*+1;;;. The van der Waals surface area contributed by atoms with Crippen molar-refractivity contribution >= 4 is 126 Å². The van der Waals surface area contributed by atoms with Crippen molar-refractivity contribution in [2.24, 2.45) is 0 Å². The predicted molar refractivity (Wildman–Crippen MR) is 52.7 cm³/mol. The Morgan fingerprint density at radius 3 is 2.67 bits per heavy atom. The Kier molecular flexibility index (Phi) is 8.99. The van der Waals surface area contributed by atoms with Crippen molar-refractivity contribution in [3.8, 4) is 0 Å². The first-order chi connectivity index (χ1) is 7.31. The topological polar surface area (TPSA) is 64.6 Å². The van der Waals surface area contributed by atoms with Crippen LogP contribution in [-0.4, -0.2) is 138 Å². The van der Waals surface area contributed by atoms with E-state index in [9.17, 15) is 0 Å². The van der Waals surface area contributed by atoms with Crippen molar-refractivity contribution in [2.45, 2.75) is 19.0 Å². The second-order valence-corrected chi connectivity index (χ2v) is 37.2. The summed E-state index contributed by atoms with van der Waals surface area (Å²) in [5.41, 5.74) is 0. The molecule has 15 heavy (non-hydrogen) atoms. The number of hydrogen-bond acceptors (Lipinski definition) is 7. The van der Waals surface area contributed by atoms with Crippen LogP contribution in [0.2, 0.25) is 0 Å². The SMILES string of the molecule is [PbH][O]C1CC([O][PbH])[O][PbH]2[O][Pb]([O][Pb][O]1)[O]2. The molecule has 0 aromatic carbocycles. The van der Waals surface area contributed by atoms with Gasteiger partial charge in [-0.25, -0.2) is 0 Å². The van der Waals surface area contributed by atoms with Crippen LogP contribution in [0.4, 0.5) is 0 Å². The molecular weight excluding hydrogens is 1180 g/mol. The zero-order valence-corrected chi connectivity index (χ0v) is 28.7. The minimum atomic E-state index is -2.67. The summed E-state index contributed by atoms with van der Waals surface area (Å²) in [6.07, 6.45) is 0.201. The second kappa shape index (κ2) is 8.58. The van der Waals surface area contributed by atoms with Crippen LogP contribution < -0.4 is 0 Å². The van der Waals surface area contributed by atoms with E-state index in [1.807, 2.05) is 0 Å². The van der Waals surface area contributed by atoms with Crippen molar-refractivity contribution in [3.05, 3.63) is 0 Å². The van der Waals surface area contributed by atoms with Crippen LogP contribution in [0.5, 0.6) is 0 Å². The third-order valence-electron chi connectivity index (χ3n) is 1.64. The molecule has 12 heteroatoms. The predicted octanol–water partition coefficient (Wildman–Crippen LogP) is -2.96. The van der Waals surface area contributed by atoms with Crippen molar-refractivity contribution < 1.29 is 12.7 Å². The molecule has 0 amide bonds. The van der Waals surface area contributed by atoms with Crippen LogP contribution in [0.25, 0.3) is 0 Å². The average molecular weight is 1190 g/mol. The Hall–Kier alpha value is 4.33. The first-order valence-corrected chi connectivity index (χ1v) is 21.1. The Bertz CT molecular complexity index is 198. The van der Waals surface area contributed by atoms with Gasteiger partial charge in [-0.1, -0.05) is 0 Å². The molecular formula is C3H7O7Pb5. The molecule has 2 atom stereocenters. The van der Waals surface area contributed by atoms with Gasteiger partial charge in [0.1, 0.15) is 0 Å². The summed E-state index contributed by atoms with van der Waals surface area (Å²) in [7, 11) is 0. The maximum atomic E-state index is 5.62. The second-order valence-electron chi connectivity index (χ2n) is 2.58. The fraction of sp³-hybridized carbons (Fsp3) is 1.00. The Morgan fingerprint density at radius 2 is 2.00 bits per heavy atom. The van der Waals surface area contributed by atoms with E-state index in [0.29, 0.717) is 58.9 Å². The molecule has 3 heterocycles. The molecule has 3 saturated heterocycles. The van der Waals surface area contributed by atoms with E-state index in [2.05, 4.69) is 0 Å². The summed E-state index contributed by atoms with van der Waals surface area (Å²) in [6, 6.07) is 0. The van der Waals surface area contributed by atoms with E-state index in [1.54, 1.807) is 0 Å². The quantitative estimate of drug-likeness (QED) is 0.275. The van der Waals surface area contributed by atoms with E-state index >= 15 is 0 Å². The molecule has 3 rings (SSSR count). The van der Waals surface area contributed by atoms with Gasteiger partial charge in [0.2, 0.25) is 0 Å². The summed E-state index contributed by atoms with van der Waals surface area (Å²) >= 11 is -5.74. The zero-order valence-electron chi connectivity index (χ0n) is 7.45. The van der Waals surface area contributed by atoms with Gasteiger partial charge in [0.05, 0.1) is 0 Å². The van der Waals surface area contributed by atoms with Gasteiger partial charge >= 0.3 is 157 Å². The molecule has 2 bridgehead atoms. The molecule has 3 aliphatic heterocycles. The summed E-state index contributed by atoms with van der Waals surface area (Å²) in [5, 5.41) is 0. The summed E-state index contributed by atoms with van der Waals surface area (Å²) in [6.45, 7) is 0. The first-order valence-electron chi connectivity index (χ1n) is 3.96. The van der Waals surface area contributed by atoms with E-state index < -0.39 is 73.3 Å². The van der Waals surface area contributed by atoms with Crippen LogP contribution in [0.15, 0.2) is 0 Å². The molecule has 0 aliphatic carbocycles. The van der Waals surface area contributed by atoms with Gasteiger partial charge in [0, 0.05) is 0 Å². The van der Waals surface area contributed by atoms with E-state index in [4.69, 9.17) is 12.7 Å². The Labute approximate surface area is 154 Å². The van der Waals surface area contributed by atoms with Crippen molar-refractivity contribution in [2.75, 3.05) is 0 Å². The third-order valence-corrected chi connectivity index (χ3v) is 46.2. The Balaban J connectivity index is 1.89. The van der Waals surface area contributed by atoms with Crippen LogP contribution >= 0.6 is 0 Å². The van der Waals surface area contributed by atoms with Crippen molar-refractivity contribution in [1.29, 1.82) is 0 Å². The molecule has 3 aliphatic rings. The molecule has 3 fully saturated rings. The maximum absolute atomic E-state index is 5.62. The van der Waals surface area contributed by atoms with Gasteiger partial charge in [0.15, 0.2) is 0 Å². The molecule has 81 valence electrons. The van der Waals surface area contributed by atoms with Crippen LogP contribution in [0.1, 0.15) is 6.42 Å². The summed E-state index contributed by atoms with van der Waals surface area (Å²) < 4.78 is 38.5. The minimum absolute atomic E-state index is 0.181. The van der Waals surface area contributed by atoms with Crippen LogP contribution in [-0.2, 0) is 12.7 Å². The van der Waals surface area contributed by atoms with Gasteiger partial charge in [-0.15, -0.1) is 0 Å². The van der Waals surface area contributed by atoms with Gasteiger partial charge in [-0.3, -0.25) is 0 Å². The summed E-state index contributed by atoms with van der Waals surface area (Å²) in [5.74, 6) is 0. The number of fused-ring (bicyclic) bond motifs is 6. The molecule has 0 aromatic heterocycles. The average Bonchev–Trinajstić information content (AvgIpc) is 2.23. The molecule has 0 spiro atoms. The molecule has 0 aromatic rings. The summed E-state index contributed by atoms with van der Waals surface area (Å²) in [4.78, 5) is 0. The van der Waals surface area contributed by atoms with Crippen molar-refractivity contribution in [3.63, 3.8) is 0 Å². The number of rotatable bonds is 2. The fourth-order valence-electron chi connectivity index (χ4n) is 0.937. The molecule has 7 nitrogen and oxygen atoms in total. The normalized spacial score (nSPS) is 38.4.